The van der Waals surface area contributed by atoms with E-state index in [0.29, 0.717) is 37.2 Å². The van der Waals surface area contributed by atoms with Gasteiger partial charge in [-0.15, -0.1) is 0 Å². The van der Waals surface area contributed by atoms with E-state index < -0.39 is 6.04 Å². The van der Waals surface area contributed by atoms with E-state index >= 15 is 0 Å². The first-order valence-corrected chi connectivity index (χ1v) is 11.8. The van der Waals surface area contributed by atoms with Crippen LogP contribution in [-0.4, -0.2) is 42.3 Å². The molecule has 0 heterocycles. The van der Waals surface area contributed by atoms with Crippen molar-refractivity contribution in [3.63, 3.8) is 0 Å². The number of carbonyl (C=O) groups excluding carboxylic acids is 3. The molecule has 2 rings (SSSR count). The van der Waals surface area contributed by atoms with Gasteiger partial charge < -0.3 is 15.2 Å². The van der Waals surface area contributed by atoms with Gasteiger partial charge in [-0.2, -0.15) is 0 Å². The van der Waals surface area contributed by atoms with Crippen LogP contribution >= 0.6 is 15.9 Å². The summed E-state index contributed by atoms with van der Waals surface area (Å²) in [6.07, 6.45) is 1.97. The van der Waals surface area contributed by atoms with Crippen molar-refractivity contribution in [2.75, 3.05) is 18.5 Å². The van der Waals surface area contributed by atoms with Crippen molar-refractivity contribution in [2.24, 2.45) is 5.73 Å². The van der Waals surface area contributed by atoms with Gasteiger partial charge >= 0.3 is 11.9 Å². The van der Waals surface area contributed by atoms with Crippen molar-refractivity contribution in [3.8, 4) is 0 Å². The van der Waals surface area contributed by atoms with Crippen LogP contribution in [0.15, 0.2) is 48.5 Å². The van der Waals surface area contributed by atoms with Crippen LogP contribution in [0, 0.1) is 0 Å². The van der Waals surface area contributed by atoms with Crippen LogP contribution in [0.25, 0.3) is 0 Å². The van der Waals surface area contributed by atoms with Crippen LogP contribution in [0.1, 0.15) is 59.0 Å². The lowest BCUT2D eigenvalue weighted by Crippen LogP contribution is -2.28. The molecular weight excluding hydrogens is 474 g/mol. The number of Topliss-reactive ketones (excluding diaryl/α,β-unsaturated/α-hetero) is 1. The molecule has 0 saturated heterocycles. The lowest BCUT2D eigenvalue weighted by Gasteiger charge is -2.11. The molecule has 0 aromatic heterocycles. The van der Waals surface area contributed by atoms with Crippen molar-refractivity contribution in [3.05, 3.63) is 70.8 Å². The fraction of sp³-hybridized carbons (Fsp3) is 0.400. The van der Waals surface area contributed by atoms with Gasteiger partial charge in [-0.3, -0.25) is 4.79 Å². The number of carbonyl (C=O) groups is 3. The topological polar surface area (TPSA) is 95.7 Å². The largest absolute Gasteiger partial charge is 0.462 e. The van der Waals surface area contributed by atoms with Gasteiger partial charge in [0.1, 0.15) is 5.78 Å². The van der Waals surface area contributed by atoms with Crippen LogP contribution in [0.5, 0.6) is 0 Å². The van der Waals surface area contributed by atoms with Crippen LogP contribution in [0.2, 0.25) is 0 Å². The summed E-state index contributed by atoms with van der Waals surface area (Å²) in [4.78, 5) is 34.3. The molecule has 0 fully saturated rings. The van der Waals surface area contributed by atoms with Crippen molar-refractivity contribution in [2.45, 2.75) is 46.1 Å². The number of aryl methyl sites for hydroxylation is 2. The van der Waals surface area contributed by atoms with E-state index in [9.17, 15) is 14.4 Å². The number of benzene rings is 2. The molecule has 0 saturated carbocycles. The van der Waals surface area contributed by atoms with Crippen molar-refractivity contribution in [1.29, 1.82) is 0 Å². The second-order valence-corrected chi connectivity index (χ2v) is 7.74. The molecule has 0 radical (unpaired) electrons. The summed E-state index contributed by atoms with van der Waals surface area (Å²) in [7, 11) is 0. The molecule has 0 bridgehead atoms. The summed E-state index contributed by atoms with van der Waals surface area (Å²) in [5.74, 6) is -0.600. The lowest BCUT2D eigenvalue weighted by atomic mass is 9.99. The summed E-state index contributed by atoms with van der Waals surface area (Å²) < 4.78 is 9.95. The number of rotatable bonds is 10. The van der Waals surface area contributed by atoms with Gasteiger partial charge in [0, 0.05) is 5.33 Å². The highest BCUT2D eigenvalue weighted by molar-refractivity contribution is 9.09. The zero-order valence-corrected chi connectivity index (χ0v) is 20.5. The van der Waals surface area contributed by atoms with Crippen molar-refractivity contribution >= 4 is 33.7 Å². The molecule has 6 nitrogen and oxygen atoms in total. The van der Waals surface area contributed by atoms with Crippen LogP contribution in [0.4, 0.5) is 0 Å². The molecule has 1 unspecified atom stereocenters. The van der Waals surface area contributed by atoms with Crippen LogP contribution < -0.4 is 5.73 Å². The maximum absolute atomic E-state index is 11.7. The minimum Gasteiger partial charge on any atom is -0.462 e. The number of nitrogens with two attached hydrogens (primary N) is 1. The molecule has 174 valence electrons. The Morgan fingerprint density at radius 1 is 0.844 bits per heavy atom. The van der Waals surface area contributed by atoms with Gasteiger partial charge in [0.25, 0.3) is 0 Å². The van der Waals surface area contributed by atoms with E-state index in [-0.39, 0.29) is 17.7 Å². The maximum Gasteiger partial charge on any atom is 0.338 e. The second kappa shape index (κ2) is 15.3. The Labute approximate surface area is 198 Å². The van der Waals surface area contributed by atoms with Crippen LogP contribution in [-0.2, 0) is 27.1 Å². The van der Waals surface area contributed by atoms with E-state index in [1.807, 2.05) is 37.3 Å². The fourth-order valence-electron chi connectivity index (χ4n) is 2.91. The smallest absolute Gasteiger partial charge is 0.338 e. The van der Waals surface area contributed by atoms with E-state index in [2.05, 4.69) is 15.9 Å². The first-order chi connectivity index (χ1) is 15.3. The molecule has 2 aromatic rings. The highest BCUT2D eigenvalue weighted by atomic mass is 79.9. The average Bonchev–Trinajstić information content (AvgIpc) is 2.79. The molecular formula is C25H32BrNO5. The van der Waals surface area contributed by atoms with Crippen LogP contribution in [0.3, 0.4) is 0 Å². The zero-order valence-electron chi connectivity index (χ0n) is 18.9. The average molecular weight is 506 g/mol. The summed E-state index contributed by atoms with van der Waals surface area (Å²) in [6.45, 7) is 5.82. The third-order valence-corrected chi connectivity index (χ3v) is 5.03. The Morgan fingerprint density at radius 2 is 1.28 bits per heavy atom. The SMILES string of the molecule is CCOC(=O)c1ccccc1CCBr.CCOC(=O)c1ccccc1CCC(N)C(C)=O. The first-order valence-electron chi connectivity index (χ1n) is 10.7. The monoisotopic (exact) mass is 505 g/mol. The predicted octanol–water partition coefficient (Wildman–Crippen LogP) is 4.51. The molecule has 0 aliphatic heterocycles. The number of ketones is 1. The number of hydrogen-bond acceptors (Lipinski definition) is 6. The van der Waals surface area contributed by atoms with E-state index in [1.54, 1.807) is 25.1 Å². The first kappa shape index (κ1) is 27.5. The van der Waals surface area contributed by atoms with Crippen molar-refractivity contribution < 1.29 is 23.9 Å². The Hall–Kier alpha value is -2.51. The third-order valence-electron chi connectivity index (χ3n) is 4.64. The highest BCUT2D eigenvalue weighted by Gasteiger charge is 2.14. The lowest BCUT2D eigenvalue weighted by molar-refractivity contribution is -0.118. The molecule has 32 heavy (non-hydrogen) atoms. The molecule has 7 heteroatoms. The molecule has 1 atom stereocenters. The summed E-state index contributed by atoms with van der Waals surface area (Å²) in [5, 5.41) is 0.851. The summed E-state index contributed by atoms with van der Waals surface area (Å²) >= 11 is 3.36. The summed E-state index contributed by atoms with van der Waals surface area (Å²) in [5.41, 5.74) is 8.81. The number of esters is 2. The number of ether oxygens (including phenoxy) is 2. The Bertz CT molecular complexity index is 884. The van der Waals surface area contributed by atoms with Gasteiger partial charge in [-0.1, -0.05) is 52.3 Å². The van der Waals surface area contributed by atoms with E-state index in [0.717, 1.165) is 22.9 Å². The summed E-state index contributed by atoms with van der Waals surface area (Å²) in [6, 6.07) is 14.3. The fourth-order valence-corrected chi connectivity index (χ4v) is 3.34. The molecule has 2 N–H and O–H groups in total. The number of hydrogen-bond donors (Lipinski definition) is 1. The molecule has 0 amide bonds. The number of alkyl halides is 1. The highest BCUT2D eigenvalue weighted by Crippen LogP contribution is 2.14. The minimum atomic E-state index is -0.472. The van der Waals surface area contributed by atoms with Gasteiger partial charge in [-0.05, 0) is 63.3 Å². The molecule has 0 aliphatic carbocycles. The minimum absolute atomic E-state index is 0.0383. The zero-order chi connectivity index (χ0) is 23.9. The standard InChI is InChI=1S/C14H19NO3.C11H13BrO2/c1-3-18-14(17)12-7-5-4-6-11(12)8-9-13(15)10(2)16;1-2-14-11(13)10-6-4-3-5-9(10)7-8-12/h4-7,13H,3,8-9,15H2,1-2H3;3-6H,2,7-8H2,1H3. The Balaban J connectivity index is 0.000000330. The quantitative estimate of drug-likeness (QED) is 0.376. The van der Waals surface area contributed by atoms with Gasteiger partial charge in [0.2, 0.25) is 0 Å². The predicted molar refractivity (Wildman–Crippen MR) is 129 cm³/mol. The van der Waals surface area contributed by atoms with Gasteiger partial charge in [0.15, 0.2) is 0 Å². The van der Waals surface area contributed by atoms with Gasteiger partial charge in [-0.25, -0.2) is 9.59 Å². The van der Waals surface area contributed by atoms with E-state index in [4.69, 9.17) is 15.2 Å². The normalized spacial score (nSPS) is 11.0. The van der Waals surface area contributed by atoms with E-state index in [1.165, 1.54) is 6.92 Å². The molecule has 2 aromatic carbocycles. The molecule has 0 spiro atoms. The Kier molecular flexibility index (Phi) is 13.2. The molecule has 0 aliphatic rings. The van der Waals surface area contributed by atoms with Gasteiger partial charge in [0.05, 0.1) is 30.4 Å². The number of halogens is 1. The Morgan fingerprint density at radius 3 is 1.69 bits per heavy atom. The third kappa shape index (κ3) is 9.32. The maximum atomic E-state index is 11.7. The van der Waals surface area contributed by atoms with Crippen molar-refractivity contribution in [1.82, 2.24) is 0 Å². The second-order valence-electron chi connectivity index (χ2n) is 6.95.